The fourth-order valence-corrected chi connectivity index (χ4v) is 2.91. The highest BCUT2D eigenvalue weighted by Crippen LogP contribution is 2.29. The number of carbonyl (C=O) groups excluding carboxylic acids is 1. The molecule has 2 unspecified atom stereocenters. The molecule has 0 radical (unpaired) electrons. The first-order valence-electron chi connectivity index (χ1n) is 6.89. The quantitative estimate of drug-likeness (QED) is 0.776. The van der Waals surface area contributed by atoms with Crippen LogP contribution in [-0.4, -0.2) is 28.3 Å². The molecule has 1 saturated heterocycles. The van der Waals surface area contributed by atoms with E-state index in [9.17, 15) is 4.79 Å². The van der Waals surface area contributed by atoms with Crippen molar-refractivity contribution >= 4 is 17.8 Å². The zero-order valence-corrected chi connectivity index (χ0v) is 11.4. The van der Waals surface area contributed by atoms with Crippen molar-refractivity contribution in [1.29, 1.82) is 0 Å². The van der Waals surface area contributed by atoms with E-state index in [-0.39, 0.29) is 0 Å². The molecule has 1 fully saturated rings. The van der Waals surface area contributed by atoms with Gasteiger partial charge < -0.3 is 4.90 Å². The van der Waals surface area contributed by atoms with Crippen LogP contribution in [0.1, 0.15) is 37.2 Å². The number of piperidine rings is 1. The van der Waals surface area contributed by atoms with Gasteiger partial charge in [-0.05, 0) is 37.8 Å². The van der Waals surface area contributed by atoms with Gasteiger partial charge in [0, 0.05) is 18.8 Å². The number of hydrogen-bond donors (Lipinski definition) is 0. The van der Waals surface area contributed by atoms with Crippen LogP contribution >= 0.6 is 0 Å². The van der Waals surface area contributed by atoms with Crippen LogP contribution in [0.3, 0.4) is 0 Å². The van der Waals surface area contributed by atoms with E-state index in [4.69, 9.17) is 0 Å². The first kappa shape index (κ1) is 12.2. The number of pyridine rings is 1. The minimum Gasteiger partial charge on any atom is -0.352 e. The molecule has 0 spiro atoms. The van der Waals surface area contributed by atoms with E-state index in [1.807, 2.05) is 28.8 Å². The molecule has 100 valence electrons. The third-order valence-electron chi connectivity index (χ3n) is 4.05. The van der Waals surface area contributed by atoms with Crippen LogP contribution in [0, 0.1) is 5.92 Å². The third-order valence-corrected chi connectivity index (χ3v) is 4.05. The van der Waals surface area contributed by atoms with E-state index in [0.717, 1.165) is 30.7 Å². The largest absolute Gasteiger partial charge is 0.352 e. The lowest BCUT2D eigenvalue weighted by Gasteiger charge is -2.37. The second kappa shape index (κ2) is 4.68. The summed E-state index contributed by atoms with van der Waals surface area (Å²) in [6, 6.07) is 6.25. The Labute approximate surface area is 113 Å². The number of anilines is 1. The maximum atomic E-state index is 11.4. The van der Waals surface area contributed by atoms with Gasteiger partial charge in [-0.15, -0.1) is 0 Å². The van der Waals surface area contributed by atoms with E-state index < -0.39 is 0 Å². The Balaban J connectivity index is 2.10. The first-order valence-corrected chi connectivity index (χ1v) is 6.89. The SMILES string of the molecule is CC1CCC(C)N(c2nc3ccccn3c2C=O)C1. The van der Waals surface area contributed by atoms with Gasteiger partial charge >= 0.3 is 0 Å². The van der Waals surface area contributed by atoms with Crippen molar-refractivity contribution in [1.82, 2.24) is 9.38 Å². The lowest BCUT2D eigenvalue weighted by atomic mass is 9.95. The molecule has 2 atom stereocenters. The monoisotopic (exact) mass is 257 g/mol. The van der Waals surface area contributed by atoms with Crippen LogP contribution in [-0.2, 0) is 0 Å². The second-order valence-electron chi connectivity index (χ2n) is 5.55. The fourth-order valence-electron chi connectivity index (χ4n) is 2.91. The lowest BCUT2D eigenvalue weighted by molar-refractivity contribution is 0.111. The summed E-state index contributed by atoms with van der Waals surface area (Å²) in [6.45, 7) is 5.45. The van der Waals surface area contributed by atoms with Gasteiger partial charge in [0.05, 0.1) is 0 Å². The normalized spacial score (nSPS) is 23.8. The number of imidazole rings is 1. The number of hydrogen-bond acceptors (Lipinski definition) is 3. The van der Waals surface area contributed by atoms with Crippen LogP contribution in [0.15, 0.2) is 24.4 Å². The molecule has 2 aromatic rings. The molecule has 4 nitrogen and oxygen atoms in total. The average Bonchev–Trinajstić information content (AvgIpc) is 2.79. The summed E-state index contributed by atoms with van der Waals surface area (Å²) in [5, 5.41) is 0. The summed E-state index contributed by atoms with van der Waals surface area (Å²) in [7, 11) is 0. The molecule has 0 N–H and O–H groups in total. The Morgan fingerprint density at radius 2 is 2.16 bits per heavy atom. The van der Waals surface area contributed by atoms with Crippen molar-refractivity contribution in [3.05, 3.63) is 30.1 Å². The number of aromatic nitrogens is 2. The zero-order valence-electron chi connectivity index (χ0n) is 11.4. The van der Waals surface area contributed by atoms with Crippen molar-refractivity contribution in [2.45, 2.75) is 32.7 Å². The van der Waals surface area contributed by atoms with E-state index in [1.165, 1.54) is 6.42 Å². The van der Waals surface area contributed by atoms with Gasteiger partial charge in [0.25, 0.3) is 0 Å². The lowest BCUT2D eigenvalue weighted by Crippen LogP contribution is -2.41. The molecular formula is C15H19N3O. The highest BCUT2D eigenvalue weighted by Gasteiger charge is 2.27. The summed E-state index contributed by atoms with van der Waals surface area (Å²) in [4.78, 5) is 18.4. The van der Waals surface area contributed by atoms with Crippen molar-refractivity contribution in [3.8, 4) is 0 Å². The van der Waals surface area contributed by atoms with Crippen LogP contribution in [0.2, 0.25) is 0 Å². The van der Waals surface area contributed by atoms with Crippen molar-refractivity contribution in [2.75, 3.05) is 11.4 Å². The summed E-state index contributed by atoms with van der Waals surface area (Å²) >= 11 is 0. The predicted molar refractivity (Wildman–Crippen MR) is 75.8 cm³/mol. The Kier molecular flexibility index (Phi) is 3.01. The maximum absolute atomic E-state index is 11.4. The molecule has 0 amide bonds. The Morgan fingerprint density at radius 1 is 1.32 bits per heavy atom. The molecule has 4 heteroatoms. The third kappa shape index (κ3) is 2.01. The van der Waals surface area contributed by atoms with Crippen molar-refractivity contribution in [3.63, 3.8) is 0 Å². The fraction of sp³-hybridized carbons (Fsp3) is 0.467. The minimum absolute atomic E-state index is 0.444. The van der Waals surface area contributed by atoms with Gasteiger partial charge in [-0.3, -0.25) is 9.20 Å². The second-order valence-corrected chi connectivity index (χ2v) is 5.55. The summed E-state index contributed by atoms with van der Waals surface area (Å²) in [5.41, 5.74) is 1.50. The molecule has 0 aromatic carbocycles. The number of aldehydes is 1. The molecule has 19 heavy (non-hydrogen) atoms. The van der Waals surface area contributed by atoms with Crippen LogP contribution in [0.4, 0.5) is 5.82 Å². The number of carbonyl (C=O) groups is 1. The summed E-state index contributed by atoms with van der Waals surface area (Å²) in [5.74, 6) is 1.49. The van der Waals surface area contributed by atoms with Gasteiger partial charge in [-0.25, -0.2) is 4.98 Å². The Morgan fingerprint density at radius 3 is 2.95 bits per heavy atom. The van der Waals surface area contributed by atoms with Crippen LogP contribution in [0.25, 0.3) is 5.65 Å². The number of fused-ring (bicyclic) bond motifs is 1. The summed E-state index contributed by atoms with van der Waals surface area (Å²) in [6.07, 6.45) is 5.23. The Bertz CT molecular complexity index is 604. The van der Waals surface area contributed by atoms with Gasteiger partial charge in [-0.1, -0.05) is 13.0 Å². The molecular weight excluding hydrogens is 238 g/mol. The zero-order chi connectivity index (χ0) is 13.4. The molecule has 3 heterocycles. The average molecular weight is 257 g/mol. The smallest absolute Gasteiger partial charge is 0.170 e. The van der Waals surface area contributed by atoms with E-state index in [1.54, 1.807) is 0 Å². The van der Waals surface area contributed by atoms with Gasteiger partial charge in [0.1, 0.15) is 11.3 Å². The maximum Gasteiger partial charge on any atom is 0.170 e. The minimum atomic E-state index is 0.444. The Hall–Kier alpha value is -1.84. The topological polar surface area (TPSA) is 37.6 Å². The number of rotatable bonds is 2. The van der Waals surface area contributed by atoms with E-state index in [2.05, 4.69) is 23.7 Å². The predicted octanol–water partition coefficient (Wildman–Crippen LogP) is 2.77. The molecule has 3 rings (SSSR count). The van der Waals surface area contributed by atoms with Gasteiger partial charge in [0.2, 0.25) is 0 Å². The van der Waals surface area contributed by atoms with Gasteiger partial charge in [-0.2, -0.15) is 0 Å². The first-order chi connectivity index (χ1) is 9.20. The molecule has 1 aliphatic heterocycles. The van der Waals surface area contributed by atoms with Crippen LogP contribution in [0.5, 0.6) is 0 Å². The molecule has 0 bridgehead atoms. The van der Waals surface area contributed by atoms with E-state index in [0.29, 0.717) is 17.7 Å². The van der Waals surface area contributed by atoms with Crippen molar-refractivity contribution in [2.24, 2.45) is 5.92 Å². The van der Waals surface area contributed by atoms with E-state index >= 15 is 0 Å². The van der Waals surface area contributed by atoms with Gasteiger partial charge in [0.15, 0.2) is 12.1 Å². The molecule has 2 aromatic heterocycles. The summed E-state index contributed by atoms with van der Waals surface area (Å²) < 4.78 is 1.87. The van der Waals surface area contributed by atoms with Crippen LogP contribution < -0.4 is 4.90 Å². The molecule has 0 aliphatic carbocycles. The molecule has 1 aliphatic rings. The number of nitrogens with zero attached hydrogens (tertiary/aromatic N) is 3. The highest BCUT2D eigenvalue weighted by molar-refractivity contribution is 5.83. The van der Waals surface area contributed by atoms with Crippen molar-refractivity contribution < 1.29 is 4.79 Å². The standard InChI is InChI=1S/C15H19N3O/c1-11-6-7-12(2)18(9-11)15-13(10-19)17-8-4-3-5-14(17)16-15/h3-5,8,10-12H,6-7,9H2,1-2H3. The highest BCUT2D eigenvalue weighted by atomic mass is 16.1. The molecule has 0 saturated carbocycles.